The monoisotopic (exact) mass is 216 g/mol. The molecule has 0 fully saturated rings. The molecule has 2 heteroatoms. The van der Waals surface area contributed by atoms with Crippen molar-refractivity contribution in [2.75, 3.05) is 0 Å². The number of fused-ring (bicyclic) bond motifs is 2. The van der Waals surface area contributed by atoms with Crippen LogP contribution in [-0.4, -0.2) is 5.78 Å². The molecule has 2 nitrogen and oxygen atoms in total. The van der Waals surface area contributed by atoms with E-state index in [0.29, 0.717) is 12.3 Å². The van der Waals surface area contributed by atoms with Gasteiger partial charge in [-0.15, -0.1) is 0 Å². The van der Waals surface area contributed by atoms with Gasteiger partial charge in [0.25, 0.3) is 0 Å². The maximum atomic E-state index is 11.5. The Morgan fingerprint density at radius 2 is 2.25 bits per heavy atom. The highest BCUT2D eigenvalue weighted by Crippen LogP contribution is 2.45. The van der Waals surface area contributed by atoms with Gasteiger partial charge in [-0.25, -0.2) is 0 Å². The Kier molecular flexibility index (Phi) is 1.91. The number of aryl methyl sites for hydroxylation is 1. The van der Waals surface area contributed by atoms with Crippen LogP contribution < -0.4 is 0 Å². The predicted molar refractivity (Wildman–Crippen MR) is 61.2 cm³/mol. The molecule has 2 aliphatic carbocycles. The summed E-state index contributed by atoms with van der Waals surface area (Å²) in [4.78, 5) is 11.5. The number of hydrogen-bond acceptors (Lipinski definition) is 2. The largest absolute Gasteiger partial charge is 0.469 e. The maximum absolute atomic E-state index is 11.5. The summed E-state index contributed by atoms with van der Waals surface area (Å²) in [6.45, 7) is 4.33. The molecule has 0 aromatic carbocycles. The normalized spacial score (nSPS) is 32.4. The fraction of sp³-hybridized carbons (Fsp3) is 0.500. The van der Waals surface area contributed by atoms with E-state index < -0.39 is 0 Å². The zero-order valence-electron chi connectivity index (χ0n) is 9.75. The maximum Gasteiger partial charge on any atom is 0.155 e. The Balaban J connectivity index is 2.05. The van der Waals surface area contributed by atoms with Crippen molar-refractivity contribution in [1.29, 1.82) is 0 Å². The van der Waals surface area contributed by atoms with Gasteiger partial charge in [-0.1, -0.05) is 13.0 Å². The van der Waals surface area contributed by atoms with Crippen molar-refractivity contribution in [1.82, 2.24) is 0 Å². The van der Waals surface area contributed by atoms with Gasteiger partial charge in [0.1, 0.15) is 5.76 Å². The fourth-order valence-electron chi connectivity index (χ4n) is 3.01. The summed E-state index contributed by atoms with van der Waals surface area (Å²) in [7, 11) is 0. The van der Waals surface area contributed by atoms with E-state index >= 15 is 0 Å². The van der Waals surface area contributed by atoms with Gasteiger partial charge >= 0.3 is 0 Å². The summed E-state index contributed by atoms with van der Waals surface area (Å²) >= 11 is 0. The van der Waals surface area contributed by atoms with Crippen LogP contribution in [0.25, 0.3) is 0 Å². The molecule has 1 heterocycles. The molecule has 2 atom stereocenters. The minimum absolute atomic E-state index is 0.116. The molecule has 16 heavy (non-hydrogen) atoms. The lowest BCUT2D eigenvalue weighted by Crippen LogP contribution is -2.37. The Bertz CT molecular complexity index is 481. The second-order valence-electron chi connectivity index (χ2n) is 5.41. The zero-order valence-corrected chi connectivity index (χ0v) is 9.75. The Labute approximate surface area is 95.3 Å². The van der Waals surface area contributed by atoms with Gasteiger partial charge in [-0.05, 0) is 41.9 Å². The van der Waals surface area contributed by atoms with E-state index in [1.165, 1.54) is 11.1 Å². The Morgan fingerprint density at radius 3 is 3.06 bits per heavy atom. The van der Waals surface area contributed by atoms with Gasteiger partial charge in [0.2, 0.25) is 0 Å². The van der Waals surface area contributed by atoms with Gasteiger partial charge in [0.05, 0.1) is 6.26 Å². The SMILES string of the molecule is Cc1coc2c1C[C@H]1CC(=O)C=C[C@@]1(C)C2. The third-order valence-corrected chi connectivity index (χ3v) is 4.21. The first-order valence-electron chi connectivity index (χ1n) is 5.86. The first-order chi connectivity index (χ1) is 7.58. The van der Waals surface area contributed by atoms with Crippen LogP contribution >= 0.6 is 0 Å². The van der Waals surface area contributed by atoms with Crippen LogP contribution in [0, 0.1) is 18.3 Å². The van der Waals surface area contributed by atoms with Gasteiger partial charge < -0.3 is 4.42 Å². The average Bonchev–Trinajstić information content (AvgIpc) is 2.58. The molecular formula is C14H16O2. The van der Waals surface area contributed by atoms with Crippen LogP contribution in [0.5, 0.6) is 0 Å². The topological polar surface area (TPSA) is 30.2 Å². The molecule has 0 aliphatic heterocycles. The van der Waals surface area contributed by atoms with Crippen LogP contribution in [-0.2, 0) is 17.6 Å². The highest BCUT2D eigenvalue weighted by Gasteiger charge is 2.41. The van der Waals surface area contributed by atoms with Crippen molar-refractivity contribution in [2.24, 2.45) is 11.3 Å². The number of ketones is 1. The van der Waals surface area contributed by atoms with Crippen LogP contribution in [0.2, 0.25) is 0 Å². The summed E-state index contributed by atoms with van der Waals surface area (Å²) in [6.07, 6.45) is 8.30. The van der Waals surface area contributed by atoms with Crippen LogP contribution in [0.4, 0.5) is 0 Å². The second kappa shape index (κ2) is 3.09. The predicted octanol–water partition coefficient (Wildman–Crippen LogP) is 2.84. The highest BCUT2D eigenvalue weighted by atomic mass is 16.3. The third kappa shape index (κ3) is 1.29. The molecule has 0 N–H and O–H groups in total. The van der Waals surface area contributed by atoms with Gasteiger partial charge in [0.15, 0.2) is 5.78 Å². The molecule has 0 radical (unpaired) electrons. The van der Waals surface area contributed by atoms with E-state index in [1.54, 1.807) is 6.08 Å². The van der Waals surface area contributed by atoms with Crippen molar-refractivity contribution in [3.63, 3.8) is 0 Å². The quantitative estimate of drug-likeness (QED) is 0.667. The second-order valence-corrected chi connectivity index (χ2v) is 5.41. The lowest BCUT2D eigenvalue weighted by atomic mass is 9.63. The average molecular weight is 216 g/mol. The van der Waals surface area contributed by atoms with Crippen molar-refractivity contribution < 1.29 is 9.21 Å². The number of hydrogen-bond donors (Lipinski definition) is 0. The van der Waals surface area contributed by atoms with E-state index in [-0.39, 0.29) is 11.2 Å². The first kappa shape index (κ1) is 9.88. The molecule has 0 spiro atoms. The fourth-order valence-corrected chi connectivity index (χ4v) is 3.01. The first-order valence-corrected chi connectivity index (χ1v) is 5.86. The molecule has 1 aromatic rings. The standard InChI is InChI=1S/C14H16O2/c1-9-8-16-13-7-14(2)4-3-11(15)5-10(14)6-12(9)13/h3-4,8,10H,5-7H2,1-2H3/t10-,14+/m1/s1. The number of carbonyl (C=O) groups is 1. The van der Waals surface area contributed by atoms with Crippen molar-refractivity contribution in [3.05, 3.63) is 35.3 Å². The molecule has 0 saturated heterocycles. The molecule has 2 aliphatic rings. The molecule has 3 rings (SSSR count). The highest BCUT2D eigenvalue weighted by molar-refractivity contribution is 5.91. The number of carbonyl (C=O) groups excluding carboxylic acids is 1. The zero-order chi connectivity index (χ0) is 11.3. The lowest BCUT2D eigenvalue weighted by Gasteiger charge is -2.40. The van der Waals surface area contributed by atoms with Gasteiger partial charge in [-0.2, -0.15) is 0 Å². The summed E-state index contributed by atoms with van der Waals surface area (Å²) in [5.41, 5.74) is 2.69. The molecule has 84 valence electrons. The molecular weight excluding hydrogens is 200 g/mol. The summed E-state index contributed by atoms with van der Waals surface area (Å²) < 4.78 is 5.61. The third-order valence-electron chi connectivity index (χ3n) is 4.21. The minimum Gasteiger partial charge on any atom is -0.469 e. The smallest absolute Gasteiger partial charge is 0.155 e. The number of rotatable bonds is 0. The minimum atomic E-state index is 0.116. The Morgan fingerprint density at radius 1 is 1.44 bits per heavy atom. The molecule has 0 bridgehead atoms. The van der Waals surface area contributed by atoms with Crippen molar-refractivity contribution in [3.8, 4) is 0 Å². The lowest BCUT2D eigenvalue weighted by molar-refractivity contribution is -0.117. The molecule has 0 amide bonds. The van der Waals surface area contributed by atoms with Gasteiger partial charge in [0, 0.05) is 12.8 Å². The van der Waals surface area contributed by atoms with Crippen LogP contribution in [0.3, 0.4) is 0 Å². The number of allylic oxidation sites excluding steroid dienone is 2. The summed E-state index contributed by atoms with van der Waals surface area (Å²) in [5.74, 6) is 1.84. The van der Waals surface area contributed by atoms with E-state index in [4.69, 9.17) is 4.42 Å². The van der Waals surface area contributed by atoms with E-state index in [9.17, 15) is 4.79 Å². The van der Waals surface area contributed by atoms with Gasteiger partial charge in [-0.3, -0.25) is 4.79 Å². The Hall–Kier alpha value is -1.31. The molecule has 1 aromatic heterocycles. The van der Waals surface area contributed by atoms with Crippen molar-refractivity contribution >= 4 is 5.78 Å². The van der Waals surface area contributed by atoms with E-state index in [0.717, 1.165) is 18.6 Å². The number of furan rings is 1. The van der Waals surface area contributed by atoms with Crippen LogP contribution in [0.15, 0.2) is 22.8 Å². The summed E-state index contributed by atoms with van der Waals surface area (Å²) in [5, 5.41) is 0. The van der Waals surface area contributed by atoms with E-state index in [1.807, 2.05) is 6.26 Å². The van der Waals surface area contributed by atoms with Crippen molar-refractivity contribution in [2.45, 2.75) is 33.1 Å². The van der Waals surface area contributed by atoms with Crippen LogP contribution in [0.1, 0.15) is 30.2 Å². The van der Waals surface area contributed by atoms with E-state index in [2.05, 4.69) is 19.9 Å². The molecule has 0 saturated carbocycles. The molecule has 0 unspecified atom stereocenters. The summed E-state index contributed by atoms with van der Waals surface area (Å²) in [6, 6.07) is 0.